The van der Waals surface area contributed by atoms with Crippen molar-refractivity contribution in [2.75, 3.05) is 19.6 Å². The number of pyridine rings is 1. The van der Waals surface area contributed by atoms with E-state index in [1.54, 1.807) is 6.20 Å². The quantitative estimate of drug-likeness (QED) is 0.948. The first-order valence-corrected chi connectivity index (χ1v) is 8.60. The van der Waals surface area contributed by atoms with Crippen LogP contribution in [-0.2, 0) is 0 Å². The van der Waals surface area contributed by atoms with E-state index in [1.807, 2.05) is 18.3 Å². The van der Waals surface area contributed by atoms with Crippen LogP contribution in [0.1, 0.15) is 34.0 Å². The fourth-order valence-electron chi connectivity index (χ4n) is 3.84. The lowest BCUT2D eigenvalue weighted by molar-refractivity contribution is 0.0859. The molecule has 0 radical (unpaired) electrons. The van der Waals surface area contributed by atoms with Crippen molar-refractivity contribution >= 4 is 17.2 Å². The smallest absolute Gasteiger partial charge is 0.259 e. The van der Waals surface area contributed by atoms with Crippen molar-refractivity contribution in [1.29, 1.82) is 0 Å². The Morgan fingerprint density at radius 3 is 2.77 bits per heavy atom. The Labute approximate surface area is 134 Å². The highest BCUT2D eigenvalue weighted by Gasteiger charge is 2.37. The van der Waals surface area contributed by atoms with Gasteiger partial charge < -0.3 is 10.6 Å². The van der Waals surface area contributed by atoms with Gasteiger partial charge in [-0.15, -0.1) is 11.3 Å². The zero-order valence-corrected chi connectivity index (χ0v) is 13.2. The molecule has 3 aliphatic heterocycles. The maximum atomic E-state index is 11.9. The average molecular weight is 313 g/mol. The van der Waals surface area contributed by atoms with Crippen LogP contribution in [0, 0.1) is 5.92 Å². The van der Waals surface area contributed by atoms with E-state index < -0.39 is 0 Å². The van der Waals surface area contributed by atoms with Crippen molar-refractivity contribution in [3.05, 3.63) is 41.0 Å². The largest absolute Gasteiger partial charge is 0.365 e. The summed E-state index contributed by atoms with van der Waals surface area (Å²) in [5.41, 5.74) is 7.87. The first-order valence-electron chi connectivity index (χ1n) is 7.78. The van der Waals surface area contributed by atoms with Crippen molar-refractivity contribution in [1.82, 2.24) is 9.88 Å². The number of fused-ring (bicyclic) bond motifs is 3. The van der Waals surface area contributed by atoms with Crippen LogP contribution < -0.4 is 5.73 Å². The SMILES string of the molecule is NC(=O)c1sc(-c2cccnc2)cc1C1CN2CCC1CC2. The van der Waals surface area contributed by atoms with E-state index in [9.17, 15) is 4.79 Å². The number of piperidine rings is 3. The maximum Gasteiger partial charge on any atom is 0.259 e. The second kappa shape index (κ2) is 5.48. The Bertz CT molecular complexity index is 689. The Morgan fingerprint density at radius 2 is 2.18 bits per heavy atom. The number of rotatable bonds is 3. The van der Waals surface area contributed by atoms with Crippen LogP contribution in [0.3, 0.4) is 0 Å². The third kappa shape index (κ3) is 2.34. The summed E-state index contributed by atoms with van der Waals surface area (Å²) in [7, 11) is 0. The van der Waals surface area contributed by atoms with E-state index in [2.05, 4.69) is 16.0 Å². The normalized spacial score (nSPS) is 27.0. The third-order valence-electron chi connectivity index (χ3n) is 4.99. The van der Waals surface area contributed by atoms with Crippen molar-refractivity contribution in [3.63, 3.8) is 0 Å². The zero-order chi connectivity index (χ0) is 15.1. The second-order valence-corrected chi connectivity index (χ2v) is 7.30. The van der Waals surface area contributed by atoms with Gasteiger partial charge >= 0.3 is 0 Å². The van der Waals surface area contributed by atoms with E-state index in [0.717, 1.165) is 27.4 Å². The Balaban J connectivity index is 1.75. The molecule has 3 aliphatic rings. The monoisotopic (exact) mass is 313 g/mol. The molecule has 4 nitrogen and oxygen atoms in total. The molecule has 5 heteroatoms. The van der Waals surface area contributed by atoms with Crippen LogP contribution in [0.4, 0.5) is 0 Å². The Morgan fingerprint density at radius 1 is 1.36 bits per heavy atom. The van der Waals surface area contributed by atoms with Crippen molar-refractivity contribution in [2.24, 2.45) is 11.7 Å². The molecule has 1 atom stereocenters. The first-order chi connectivity index (χ1) is 10.7. The van der Waals surface area contributed by atoms with Gasteiger partial charge in [-0.05, 0) is 49.5 Å². The number of carbonyl (C=O) groups is 1. The zero-order valence-electron chi connectivity index (χ0n) is 12.4. The van der Waals surface area contributed by atoms with Crippen LogP contribution in [-0.4, -0.2) is 35.4 Å². The first kappa shape index (κ1) is 13.9. The van der Waals surface area contributed by atoms with Gasteiger partial charge in [0.25, 0.3) is 5.91 Å². The number of amides is 1. The lowest BCUT2D eigenvalue weighted by Gasteiger charge is -2.45. The molecule has 5 heterocycles. The van der Waals surface area contributed by atoms with Gasteiger partial charge in [0.05, 0.1) is 4.88 Å². The summed E-state index contributed by atoms with van der Waals surface area (Å²) in [6.45, 7) is 3.47. The molecule has 1 unspecified atom stereocenters. The highest BCUT2D eigenvalue weighted by atomic mass is 32.1. The fraction of sp³-hybridized carbons (Fsp3) is 0.412. The van der Waals surface area contributed by atoms with Gasteiger partial charge in [0, 0.05) is 35.3 Å². The molecule has 2 bridgehead atoms. The topological polar surface area (TPSA) is 59.2 Å². The lowest BCUT2D eigenvalue weighted by atomic mass is 9.75. The fourth-order valence-corrected chi connectivity index (χ4v) is 4.91. The number of aromatic nitrogens is 1. The summed E-state index contributed by atoms with van der Waals surface area (Å²) in [5.74, 6) is 0.845. The maximum absolute atomic E-state index is 11.9. The van der Waals surface area contributed by atoms with E-state index in [-0.39, 0.29) is 5.91 Å². The number of nitrogens with zero attached hydrogens (tertiary/aromatic N) is 2. The molecule has 3 fully saturated rings. The molecule has 3 saturated heterocycles. The molecule has 2 aromatic heterocycles. The van der Waals surface area contributed by atoms with Crippen molar-refractivity contribution < 1.29 is 4.79 Å². The predicted octanol–water partition coefficient (Wildman–Crippen LogP) is 2.72. The van der Waals surface area contributed by atoms with Gasteiger partial charge in [-0.2, -0.15) is 0 Å². The van der Waals surface area contributed by atoms with Gasteiger partial charge in [0.1, 0.15) is 0 Å². The Hall–Kier alpha value is -1.72. The van der Waals surface area contributed by atoms with Crippen LogP contribution in [0.2, 0.25) is 0 Å². The third-order valence-corrected chi connectivity index (χ3v) is 6.20. The van der Waals surface area contributed by atoms with E-state index in [4.69, 9.17) is 5.73 Å². The number of carbonyl (C=O) groups excluding carboxylic acids is 1. The van der Waals surface area contributed by atoms with E-state index >= 15 is 0 Å². The average Bonchev–Trinajstić information content (AvgIpc) is 3.02. The summed E-state index contributed by atoms with van der Waals surface area (Å²) in [6.07, 6.45) is 6.08. The molecule has 5 rings (SSSR count). The molecule has 0 spiro atoms. The molecule has 0 aliphatic carbocycles. The minimum absolute atomic E-state index is 0.299. The highest BCUT2D eigenvalue weighted by Crippen LogP contribution is 2.43. The molecular weight excluding hydrogens is 294 g/mol. The van der Waals surface area contributed by atoms with Crippen molar-refractivity contribution in [2.45, 2.75) is 18.8 Å². The Kier molecular flexibility index (Phi) is 3.47. The molecule has 0 aromatic carbocycles. The standard InChI is InChI=1S/C17H19N3OS/c18-17(21)16-13(14-10-20-6-3-11(14)4-7-20)8-15(22-16)12-2-1-5-19-9-12/h1-2,5,8-9,11,14H,3-4,6-7,10H2,(H2,18,21). The van der Waals surface area contributed by atoms with Crippen LogP contribution in [0.15, 0.2) is 30.6 Å². The summed E-state index contributed by atoms with van der Waals surface area (Å²) in [6, 6.07) is 6.13. The van der Waals surface area contributed by atoms with Gasteiger partial charge in [-0.3, -0.25) is 9.78 Å². The van der Waals surface area contributed by atoms with Crippen LogP contribution in [0.25, 0.3) is 10.4 Å². The molecule has 2 N–H and O–H groups in total. The van der Waals surface area contributed by atoms with Gasteiger partial charge in [0.2, 0.25) is 0 Å². The van der Waals surface area contributed by atoms with Gasteiger partial charge in [0.15, 0.2) is 0 Å². The number of primary amides is 1. The highest BCUT2D eigenvalue weighted by molar-refractivity contribution is 7.17. The number of hydrogen-bond acceptors (Lipinski definition) is 4. The molecular formula is C17H19N3OS. The van der Waals surface area contributed by atoms with Gasteiger partial charge in [-0.1, -0.05) is 6.07 Å². The summed E-state index contributed by atoms with van der Waals surface area (Å²) in [4.78, 5) is 20.4. The molecule has 1 amide bonds. The number of hydrogen-bond donors (Lipinski definition) is 1. The summed E-state index contributed by atoms with van der Waals surface area (Å²) >= 11 is 1.51. The lowest BCUT2D eigenvalue weighted by Crippen LogP contribution is -2.46. The van der Waals surface area contributed by atoms with Crippen molar-refractivity contribution in [3.8, 4) is 10.4 Å². The second-order valence-electron chi connectivity index (χ2n) is 6.25. The van der Waals surface area contributed by atoms with Crippen LogP contribution >= 0.6 is 11.3 Å². The minimum Gasteiger partial charge on any atom is -0.365 e. The van der Waals surface area contributed by atoms with Crippen LogP contribution in [0.5, 0.6) is 0 Å². The molecule has 22 heavy (non-hydrogen) atoms. The summed E-state index contributed by atoms with van der Waals surface area (Å²) in [5, 5.41) is 0. The number of thiophene rings is 1. The predicted molar refractivity (Wildman–Crippen MR) is 88.0 cm³/mol. The van der Waals surface area contributed by atoms with E-state index in [0.29, 0.717) is 11.8 Å². The molecule has 0 saturated carbocycles. The van der Waals surface area contributed by atoms with E-state index in [1.165, 1.54) is 37.3 Å². The number of nitrogens with two attached hydrogens (primary N) is 1. The molecule has 114 valence electrons. The molecule has 2 aromatic rings. The minimum atomic E-state index is -0.299. The van der Waals surface area contributed by atoms with Gasteiger partial charge in [-0.25, -0.2) is 0 Å². The summed E-state index contributed by atoms with van der Waals surface area (Å²) < 4.78 is 0.